The van der Waals surface area contributed by atoms with E-state index in [1.165, 1.54) is 18.4 Å². The molecule has 0 N–H and O–H groups in total. The van der Waals surface area contributed by atoms with Crippen molar-refractivity contribution in [2.75, 3.05) is 12.9 Å². The van der Waals surface area contributed by atoms with Crippen LogP contribution < -0.4 is 4.80 Å². The van der Waals surface area contributed by atoms with E-state index in [2.05, 4.69) is 4.99 Å². The Morgan fingerprint density at radius 3 is 2.74 bits per heavy atom. The molecule has 2 aromatic carbocycles. The van der Waals surface area contributed by atoms with Crippen molar-refractivity contribution in [1.82, 2.24) is 4.57 Å². The molecule has 0 aliphatic heterocycles. The van der Waals surface area contributed by atoms with Gasteiger partial charge in [-0.1, -0.05) is 41.1 Å². The maximum atomic E-state index is 12.3. The Morgan fingerprint density at radius 2 is 2.00 bits per heavy atom. The first-order valence-corrected chi connectivity index (χ1v) is 10.4. The molecular formula is C19H17ClN2O3S2. The molecule has 140 valence electrons. The highest BCUT2D eigenvalue weighted by atomic mass is 35.5. The summed E-state index contributed by atoms with van der Waals surface area (Å²) in [6.07, 6.45) is 0.312. The molecule has 0 saturated heterocycles. The summed E-state index contributed by atoms with van der Waals surface area (Å²) < 4.78 is 7.30. The van der Waals surface area contributed by atoms with Gasteiger partial charge in [-0.15, -0.1) is 11.8 Å². The van der Waals surface area contributed by atoms with Gasteiger partial charge in [0.05, 0.1) is 17.3 Å². The average molecular weight is 421 g/mol. The van der Waals surface area contributed by atoms with Crippen LogP contribution in [0.3, 0.4) is 0 Å². The number of esters is 1. The van der Waals surface area contributed by atoms with Crippen LogP contribution >= 0.6 is 34.7 Å². The van der Waals surface area contributed by atoms with Crippen molar-refractivity contribution in [3.05, 3.63) is 58.4 Å². The number of nitrogens with zero attached hydrogens (tertiary/aromatic N) is 2. The number of thiazole rings is 1. The standard InChI is InChI=1S/C19H17ClN2O3S2/c1-25-18(24)12-22-15-8-7-13(20)11-16(15)27-19(22)21-17(23)9-10-26-14-5-3-2-4-6-14/h2-8,11H,9-10,12H2,1H3. The van der Waals surface area contributed by atoms with E-state index in [0.717, 1.165) is 15.1 Å². The van der Waals surface area contributed by atoms with Crippen molar-refractivity contribution in [2.45, 2.75) is 17.9 Å². The van der Waals surface area contributed by atoms with Crippen molar-refractivity contribution in [3.8, 4) is 0 Å². The van der Waals surface area contributed by atoms with Gasteiger partial charge in [0.15, 0.2) is 4.80 Å². The molecule has 0 unspecified atom stereocenters. The summed E-state index contributed by atoms with van der Waals surface area (Å²) in [6, 6.07) is 15.2. The Bertz CT molecular complexity index is 1030. The summed E-state index contributed by atoms with van der Waals surface area (Å²) in [5, 5.41) is 0.589. The van der Waals surface area contributed by atoms with Crippen molar-refractivity contribution >= 4 is 56.8 Å². The monoisotopic (exact) mass is 420 g/mol. The SMILES string of the molecule is COC(=O)Cn1c(=NC(=O)CCSc2ccccc2)sc2cc(Cl)ccc21. The molecule has 3 aromatic rings. The quantitative estimate of drug-likeness (QED) is 0.444. The fourth-order valence-electron chi connectivity index (χ4n) is 2.41. The lowest BCUT2D eigenvalue weighted by Gasteiger charge is -2.03. The Hall–Kier alpha value is -2.09. The van der Waals surface area contributed by atoms with E-state index in [1.807, 2.05) is 36.4 Å². The predicted molar refractivity (Wildman–Crippen MR) is 109 cm³/mol. The van der Waals surface area contributed by atoms with E-state index >= 15 is 0 Å². The zero-order valence-electron chi connectivity index (χ0n) is 14.6. The van der Waals surface area contributed by atoms with Crippen LogP contribution in [0, 0.1) is 0 Å². The van der Waals surface area contributed by atoms with E-state index in [1.54, 1.807) is 28.5 Å². The average Bonchev–Trinajstić information content (AvgIpc) is 2.98. The first kappa shape index (κ1) is 19.7. The van der Waals surface area contributed by atoms with Gasteiger partial charge < -0.3 is 9.30 Å². The van der Waals surface area contributed by atoms with Crippen LogP contribution in [0.25, 0.3) is 10.2 Å². The molecule has 0 radical (unpaired) electrons. The third-order valence-corrected chi connectivity index (χ3v) is 6.00. The number of aromatic nitrogens is 1. The molecule has 0 saturated carbocycles. The van der Waals surface area contributed by atoms with Gasteiger partial charge in [0.1, 0.15) is 6.54 Å². The summed E-state index contributed by atoms with van der Waals surface area (Å²) >= 11 is 8.99. The lowest BCUT2D eigenvalue weighted by atomic mass is 10.3. The van der Waals surface area contributed by atoms with Crippen LogP contribution in [0.1, 0.15) is 6.42 Å². The molecule has 0 atom stereocenters. The lowest BCUT2D eigenvalue weighted by Crippen LogP contribution is -2.22. The predicted octanol–water partition coefficient (Wildman–Crippen LogP) is 4.14. The van der Waals surface area contributed by atoms with E-state index in [-0.39, 0.29) is 12.5 Å². The molecule has 0 aliphatic rings. The van der Waals surface area contributed by atoms with Gasteiger partial charge in [0.25, 0.3) is 0 Å². The Labute approximate surface area is 169 Å². The summed E-state index contributed by atoms with van der Waals surface area (Å²) in [5.74, 6) is 0.00737. The van der Waals surface area contributed by atoms with Crippen molar-refractivity contribution < 1.29 is 14.3 Å². The first-order chi connectivity index (χ1) is 13.1. The van der Waals surface area contributed by atoms with Crippen LogP contribution in [-0.2, 0) is 20.9 Å². The zero-order valence-corrected chi connectivity index (χ0v) is 16.9. The van der Waals surface area contributed by atoms with Crippen molar-refractivity contribution in [3.63, 3.8) is 0 Å². The molecular weight excluding hydrogens is 404 g/mol. The smallest absolute Gasteiger partial charge is 0.325 e. The molecule has 0 fully saturated rings. The number of amides is 1. The van der Waals surface area contributed by atoms with E-state index < -0.39 is 5.97 Å². The number of hydrogen-bond acceptors (Lipinski definition) is 5. The van der Waals surface area contributed by atoms with E-state index in [0.29, 0.717) is 22.0 Å². The molecule has 0 bridgehead atoms. The topological polar surface area (TPSA) is 60.7 Å². The van der Waals surface area contributed by atoms with E-state index in [4.69, 9.17) is 16.3 Å². The number of ether oxygens (including phenoxy) is 1. The third-order valence-electron chi connectivity index (χ3n) is 3.71. The van der Waals surface area contributed by atoms with Crippen LogP contribution in [0.5, 0.6) is 0 Å². The van der Waals surface area contributed by atoms with Gasteiger partial charge in [0, 0.05) is 22.1 Å². The van der Waals surface area contributed by atoms with Gasteiger partial charge in [0.2, 0.25) is 5.91 Å². The summed E-state index contributed by atoms with van der Waals surface area (Å²) in [7, 11) is 1.33. The lowest BCUT2D eigenvalue weighted by molar-refractivity contribution is -0.141. The largest absolute Gasteiger partial charge is 0.468 e. The number of methoxy groups -OCH3 is 1. The third kappa shape index (κ3) is 5.22. The Balaban J connectivity index is 1.81. The second-order valence-corrected chi connectivity index (χ2v) is 8.19. The molecule has 8 heteroatoms. The number of carbonyl (C=O) groups is 2. The summed E-state index contributed by atoms with van der Waals surface area (Å²) in [4.78, 5) is 29.9. The molecule has 1 amide bonds. The van der Waals surface area contributed by atoms with E-state index in [9.17, 15) is 9.59 Å². The first-order valence-electron chi connectivity index (χ1n) is 8.18. The normalized spacial score (nSPS) is 11.7. The minimum atomic E-state index is -0.404. The minimum absolute atomic E-state index is 0.0109. The fourth-order valence-corrected chi connectivity index (χ4v) is 4.60. The number of hydrogen-bond donors (Lipinski definition) is 0. The van der Waals surface area contributed by atoms with Crippen molar-refractivity contribution in [2.24, 2.45) is 4.99 Å². The molecule has 27 heavy (non-hydrogen) atoms. The number of benzene rings is 2. The van der Waals surface area contributed by atoms with Crippen LogP contribution in [0.15, 0.2) is 58.4 Å². The highest BCUT2D eigenvalue weighted by molar-refractivity contribution is 7.99. The zero-order chi connectivity index (χ0) is 19.2. The number of fused-ring (bicyclic) bond motifs is 1. The second-order valence-electron chi connectivity index (χ2n) is 5.58. The van der Waals surface area contributed by atoms with Gasteiger partial charge in [-0.05, 0) is 30.3 Å². The van der Waals surface area contributed by atoms with Gasteiger partial charge >= 0.3 is 5.97 Å². The molecule has 1 heterocycles. The highest BCUT2D eigenvalue weighted by Gasteiger charge is 2.12. The molecule has 5 nitrogen and oxygen atoms in total. The number of rotatable bonds is 6. The molecule has 0 spiro atoms. The van der Waals surface area contributed by atoms with Crippen LogP contribution in [0.2, 0.25) is 5.02 Å². The molecule has 1 aromatic heterocycles. The van der Waals surface area contributed by atoms with Crippen LogP contribution in [-0.4, -0.2) is 29.3 Å². The maximum Gasteiger partial charge on any atom is 0.325 e. The highest BCUT2D eigenvalue weighted by Crippen LogP contribution is 2.22. The van der Waals surface area contributed by atoms with Gasteiger partial charge in [-0.2, -0.15) is 4.99 Å². The van der Waals surface area contributed by atoms with Crippen molar-refractivity contribution in [1.29, 1.82) is 0 Å². The molecule has 0 aliphatic carbocycles. The fraction of sp³-hybridized carbons (Fsp3) is 0.211. The summed E-state index contributed by atoms with van der Waals surface area (Å²) in [5.41, 5.74) is 0.792. The maximum absolute atomic E-state index is 12.3. The van der Waals surface area contributed by atoms with Crippen LogP contribution in [0.4, 0.5) is 0 Å². The number of carbonyl (C=O) groups excluding carboxylic acids is 2. The van der Waals surface area contributed by atoms with Gasteiger partial charge in [-0.25, -0.2) is 0 Å². The summed E-state index contributed by atoms with van der Waals surface area (Å²) in [6.45, 7) is -0.0109. The Morgan fingerprint density at radius 1 is 1.22 bits per heavy atom. The second kappa shape index (κ2) is 9.21. The minimum Gasteiger partial charge on any atom is -0.468 e. The Kier molecular flexibility index (Phi) is 6.71. The molecule has 3 rings (SSSR count). The van der Waals surface area contributed by atoms with Gasteiger partial charge in [-0.3, -0.25) is 9.59 Å². The number of halogens is 1. The number of thioether (sulfide) groups is 1.